The van der Waals surface area contributed by atoms with Crippen LogP contribution in [0.15, 0.2) is 18.2 Å². The number of rotatable bonds is 2. The Morgan fingerprint density at radius 3 is 2.79 bits per heavy atom. The van der Waals surface area contributed by atoms with E-state index < -0.39 is 0 Å². The first-order valence-corrected chi connectivity index (χ1v) is 5.96. The highest BCUT2D eigenvalue weighted by atomic mass is 35.5. The summed E-state index contributed by atoms with van der Waals surface area (Å²) in [6.07, 6.45) is 1.04. The molecule has 2 rings (SSSR count). The zero-order valence-corrected chi connectivity index (χ0v) is 9.58. The molecule has 1 nitrogen and oxygen atoms in total. The quantitative estimate of drug-likeness (QED) is 0.774. The van der Waals surface area contributed by atoms with Crippen LogP contribution in [0.3, 0.4) is 0 Å². The second kappa shape index (κ2) is 3.79. The van der Waals surface area contributed by atoms with Crippen molar-refractivity contribution in [2.75, 3.05) is 5.73 Å². The second-order valence-electron chi connectivity index (χ2n) is 3.31. The summed E-state index contributed by atoms with van der Waals surface area (Å²) in [5, 5.41) is 2.09. The lowest BCUT2D eigenvalue weighted by Gasteiger charge is -2.02. The van der Waals surface area contributed by atoms with E-state index in [2.05, 4.69) is 19.1 Å². The van der Waals surface area contributed by atoms with Gasteiger partial charge >= 0.3 is 0 Å². The fourth-order valence-corrected chi connectivity index (χ4v) is 2.83. The normalized spacial score (nSPS) is 11.0. The Bertz CT molecular complexity index is 462. The van der Waals surface area contributed by atoms with E-state index in [9.17, 15) is 0 Å². The van der Waals surface area contributed by atoms with Gasteiger partial charge in [-0.05, 0) is 29.0 Å². The fraction of sp³-hybridized carbons (Fsp3) is 0.273. The van der Waals surface area contributed by atoms with Crippen molar-refractivity contribution in [1.29, 1.82) is 0 Å². The number of anilines is 1. The number of nitrogen functional groups attached to an aromatic ring is 1. The summed E-state index contributed by atoms with van der Waals surface area (Å²) in [5.74, 6) is 0.560. The minimum Gasteiger partial charge on any atom is -0.391 e. The number of aryl methyl sites for hydroxylation is 1. The summed E-state index contributed by atoms with van der Waals surface area (Å²) in [6.45, 7) is 2.15. The van der Waals surface area contributed by atoms with Gasteiger partial charge in [-0.3, -0.25) is 0 Å². The molecule has 0 aliphatic heterocycles. The number of halogens is 1. The summed E-state index contributed by atoms with van der Waals surface area (Å²) >= 11 is 7.53. The molecule has 0 aliphatic carbocycles. The first-order valence-electron chi connectivity index (χ1n) is 4.61. The Morgan fingerprint density at radius 1 is 1.36 bits per heavy atom. The summed E-state index contributed by atoms with van der Waals surface area (Å²) in [6, 6.07) is 6.39. The lowest BCUT2D eigenvalue weighted by atomic mass is 10.1. The number of hydrogen-bond donors (Lipinski definition) is 1. The zero-order chi connectivity index (χ0) is 10.1. The maximum absolute atomic E-state index is 5.91. The van der Waals surface area contributed by atoms with Gasteiger partial charge in [0.1, 0.15) is 0 Å². The van der Waals surface area contributed by atoms with E-state index in [0.29, 0.717) is 5.88 Å². The molecule has 0 saturated heterocycles. The molecule has 0 saturated carbocycles. The van der Waals surface area contributed by atoms with Gasteiger partial charge in [-0.1, -0.05) is 19.1 Å². The number of benzene rings is 1. The van der Waals surface area contributed by atoms with Gasteiger partial charge in [0, 0.05) is 10.6 Å². The van der Waals surface area contributed by atoms with Gasteiger partial charge in [0.15, 0.2) is 0 Å². The lowest BCUT2D eigenvalue weighted by Crippen LogP contribution is -1.84. The molecule has 0 aliphatic rings. The van der Waals surface area contributed by atoms with Crippen LogP contribution in [0.5, 0.6) is 0 Å². The lowest BCUT2D eigenvalue weighted by molar-refractivity contribution is 1.14. The highest BCUT2D eigenvalue weighted by molar-refractivity contribution is 7.22. The molecule has 0 bridgehead atoms. The van der Waals surface area contributed by atoms with Crippen molar-refractivity contribution in [3.05, 3.63) is 29.3 Å². The van der Waals surface area contributed by atoms with Crippen LogP contribution in [0.2, 0.25) is 0 Å². The van der Waals surface area contributed by atoms with Crippen molar-refractivity contribution in [1.82, 2.24) is 0 Å². The van der Waals surface area contributed by atoms with Crippen LogP contribution < -0.4 is 5.73 Å². The Hall–Kier alpha value is -0.730. The third-order valence-electron chi connectivity index (χ3n) is 2.32. The van der Waals surface area contributed by atoms with E-state index in [1.807, 2.05) is 6.07 Å². The predicted molar refractivity (Wildman–Crippen MR) is 65.2 cm³/mol. The largest absolute Gasteiger partial charge is 0.391 e. The summed E-state index contributed by atoms with van der Waals surface area (Å²) in [5.41, 5.74) is 8.30. The Morgan fingerprint density at radius 2 is 2.14 bits per heavy atom. The molecule has 1 aromatic heterocycles. The van der Waals surface area contributed by atoms with Crippen molar-refractivity contribution < 1.29 is 0 Å². The highest BCUT2D eigenvalue weighted by Gasteiger charge is 2.05. The molecule has 14 heavy (non-hydrogen) atoms. The van der Waals surface area contributed by atoms with Gasteiger partial charge in [-0.2, -0.15) is 0 Å². The highest BCUT2D eigenvalue weighted by Crippen LogP contribution is 2.32. The molecular weight excluding hydrogens is 214 g/mol. The van der Waals surface area contributed by atoms with E-state index in [0.717, 1.165) is 11.4 Å². The number of hydrogen-bond acceptors (Lipinski definition) is 2. The number of alkyl halides is 1. The molecule has 0 radical (unpaired) electrons. The molecule has 0 spiro atoms. The topological polar surface area (TPSA) is 26.0 Å². The smallest absolute Gasteiger partial charge is 0.0868 e. The molecule has 0 unspecified atom stereocenters. The minimum atomic E-state index is 0.560. The zero-order valence-electron chi connectivity index (χ0n) is 8.01. The second-order valence-corrected chi connectivity index (χ2v) is 4.66. The van der Waals surface area contributed by atoms with Crippen LogP contribution in [-0.4, -0.2) is 0 Å². The molecule has 3 heteroatoms. The number of thiophene rings is 1. The predicted octanol–water partition coefficient (Wildman–Crippen LogP) is 3.78. The van der Waals surface area contributed by atoms with E-state index in [1.54, 1.807) is 11.3 Å². The molecule has 74 valence electrons. The third-order valence-corrected chi connectivity index (χ3v) is 3.67. The molecule has 1 aromatic carbocycles. The first kappa shape index (κ1) is 9.81. The van der Waals surface area contributed by atoms with Crippen LogP contribution in [0.1, 0.15) is 18.1 Å². The van der Waals surface area contributed by atoms with E-state index in [4.69, 9.17) is 17.3 Å². The van der Waals surface area contributed by atoms with Gasteiger partial charge < -0.3 is 5.73 Å². The monoisotopic (exact) mass is 225 g/mol. The van der Waals surface area contributed by atoms with Crippen molar-refractivity contribution in [2.24, 2.45) is 0 Å². The van der Waals surface area contributed by atoms with Crippen LogP contribution in [0, 0.1) is 0 Å². The van der Waals surface area contributed by atoms with Crippen LogP contribution >= 0.6 is 22.9 Å². The summed E-state index contributed by atoms with van der Waals surface area (Å²) < 4.78 is 1.23. The summed E-state index contributed by atoms with van der Waals surface area (Å²) in [7, 11) is 0. The van der Waals surface area contributed by atoms with Gasteiger partial charge in [0.05, 0.1) is 5.00 Å². The third kappa shape index (κ3) is 1.60. The van der Waals surface area contributed by atoms with Crippen molar-refractivity contribution >= 4 is 38.0 Å². The minimum absolute atomic E-state index is 0.560. The van der Waals surface area contributed by atoms with E-state index in [1.165, 1.54) is 21.2 Å². The van der Waals surface area contributed by atoms with E-state index in [-0.39, 0.29) is 0 Å². The van der Waals surface area contributed by atoms with Crippen LogP contribution in [0.4, 0.5) is 5.00 Å². The molecule has 0 fully saturated rings. The van der Waals surface area contributed by atoms with Gasteiger partial charge in [0.25, 0.3) is 0 Å². The molecule has 2 N–H and O–H groups in total. The maximum Gasteiger partial charge on any atom is 0.0868 e. The molecule has 1 heterocycles. The maximum atomic E-state index is 5.91. The van der Waals surface area contributed by atoms with E-state index >= 15 is 0 Å². The average Bonchev–Trinajstić information content (AvgIpc) is 2.56. The average molecular weight is 226 g/mol. The molecule has 0 atom stereocenters. The molecule has 0 amide bonds. The van der Waals surface area contributed by atoms with Gasteiger partial charge in [-0.25, -0.2) is 0 Å². The van der Waals surface area contributed by atoms with Crippen LogP contribution in [0.25, 0.3) is 10.1 Å². The summed E-state index contributed by atoms with van der Waals surface area (Å²) in [4.78, 5) is 0. The Labute approximate surface area is 92.5 Å². The number of nitrogens with two attached hydrogens (primary N) is 1. The van der Waals surface area contributed by atoms with Gasteiger partial charge in [-0.15, -0.1) is 22.9 Å². The standard InChI is InChI=1S/C11H12ClNS/c1-2-7-3-8-5-10(13)14-11(8)9(4-7)6-12/h3-5H,2,6,13H2,1H3. The fourth-order valence-electron chi connectivity index (χ4n) is 1.62. The Kier molecular flexibility index (Phi) is 2.66. The Balaban J connectivity index is 2.72. The number of fused-ring (bicyclic) bond motifs is 1. The molecule has 2 aromatic rings. The van der Waals surface area contributed by atoms with Gasteiger partial charge in [0.2, 0.25) is 0 Å². The van der Waals surface area contributed by atoms with Crippen LogP contribution in [-0.2, 0) is 12.3 Å². The molecular formula is C11H12ClNS. The first-order chi connectivity index (χ1) is 6.74. The van der Waals surface area contributed by atoms with Crippen molar-refractivity contribution in [2.45, 2.75) is 19.2 Å². The van der Waals surface area contributed by atoms with Crippen molar-refractivity contribution in [3.63, 3.8) is 0 Å². The SMILES string of the molecule is CCc1cc(CCl)c2sc(N)cc2c1. The van der Waals surface area contributed by atoms with Crippen molar-refractivity contribution in [3.8, 4) is 0 Å².